The van der Waals surface area contributed by atoms with E-state index in [0.29, 0.717) is 17.2 Å². The molecule has 138 valence electrons. The number of aromatic carboxylic acids is 1. The third-order valence-corrected chi connectivity index (χ3v) is 5.08. The van der Waals surface area contributed by atoms with Crippen LogP contribution in [0.3, 0.4) is 0 Å². The fourth-order valence-electron chi connectivity index (χ4n) is 3.79. The molecule has 0 spiro atoms. The minimum Gasteiger partial charge on any atom is -0.478 e. The Bertz CT molecular complexity index is 920. The van der Waals surface area contributed by atoms with Crippen molar-refractivity contribution in [2.24, 2.45) is 5.92 Å². The minimum absolute atomic E-state index is 0.260. The van der Waals surface area contributed by atoms with Gasteiger partial charge in [-0.15, -0.1) is 0 Å². The Labute approximate surface area is 158 Å². The number of carboxylic acids is 1. The van der Waals surface area contributed by atoms with Gasteiger partial charge < -0.3 is 9.52 Å². The number of carbonyl (C=O) groups is 1. The van der Waals surface area contributed by atoms with E-state index in [9.17, 15) is 9.90 Å². The number of carboxylic acid groups (broad SMARTS) is 1. The van der Waals surface area contributed by atoms with Crippen LogP contribution in [0.5, 0.6) is 0 Å². The number of nitrogens with zero attached hydrogens (tertiary/aromatic N) is 2. The number of pyridine rings is 1. The molecule has 0 amide bonds. The summed E-state index contributed by atoms with van der Waals surface area (Å²) in [5.74, 6) is 1.17. The molecular formula is C22H22N2O3. The summed E-state index contributed by atoms with van der Waals surface area (Å²) >= 11 is 0. The Morgan fingerprint density at radius 2 is 2.07 bits per heavy atom. The van der Waals surface area contributed by atoms with E-state index in [1.54, 1.807) is 24.4 Å². The molecule has 3 aromatic rings. The largest absolute Gasteiger partial charge is 0.478 e. The van der Waals surface area contributed by atoms with Crippen LogP contribution < -0.4 is 0 Å². The zero-order chi connectivity index (χ0) is 18.6. The normalized spacial score (nSPS) is 17.3. The molecule has 1 saturated heterocycles. The average molecular weight is 362 g/mol. The number of hydrogen-bond acceptors (Lipinski definition) is 4. The van der Waals surface area contributed by atoms with E-state index in [-0.39, 0.29) is 5.56 Å². The second-order valence-corrected chi connectivity index (χ2v) is 7.07. The van der Waals surface area contributed by atoms with Crippen LogP contribution in [0.15, 0.2) is 65.3 Å². The van der Waals surface area contributed by atoms with E-state index >= 15 is 0 Å². The smallest absolute Gasteiger partial charge is 0.336 e. The number of likely N-dealkylation sites (tertiary alicyclic amines) is 1. The maximum absolute atomic E-state index is 11.4. The summed E-state index contributed by atoms with van der Waals surface area (Å²) in [6.07, 6.45) is 5.98. The van der Waals surface area contributed by atoms with Gasteiger partial charge in [0.2, 0.25) is 0 Å². The molecule has 3 heterocycles. The van der Waals surface area contributed by atoms with E-state index in [1.807, 2.05) is 30.5 Å². The predicted octanol–water partition coefficient (Wildman–Crippen LogP) is 4.10. The number of aromatic nitrogens is 1. The molecule has 5 heteroatoms. The van der Waals surface area contributed by atoms with Crippen LogP contribution in [0, 0.1) is 5.92 Å². The highest BCUT2D eigenvalue weighted by atomic mass is 16.4. The Hall–Kier alpha value is -2.92. The predicted molar refractivity (Wildman–Crippen MR) is 102 cm³/mol. The number of rotatable bonds is 6. The fourth-order valence-corrected chi connectivity index (χ4v) is 3.79. The first-order valence-electron chi connectivity index (χ1n) is 9.21. The molecule has 5 nitrogen and oxygen atoms in total. The van der Waals surface area contributed by atoms with Gasteiger partial charge in [-0.3, -0.25) is 9.88 Å². The first-order valence-corrected chi connectivity index (χ1v) is 9.21. The van der Waals surface area contributed by atoms with Gasteiger partial charge in [-0.25, -0.2) is 4.79 Å². The van der Waals surface area contributed by atoms with Gasteiger partial charge >= 0.3 is 5.97 Å². The van der Waals surface area contributed by atoms with Crippen LogP contribution in [-0.2, 0) is 13.0 Å². The van der Waals surface area contributed by atoms with Crippen LogP contribution in [0.2, 0.25) is 0 Å². The average Bonchev–Trinajstić information content (AvgIpc) is 3.32. The summed E-state index contributed by atoms with van der Waals surface area (Å²) in [7, 11) is 0. The van der Waals surface area contributed by atoms with Crippen LogP contribution in [-0.4, -0.2) is 34.0 Å². The van der Waals surface area contributed by atoms with Crippen LogP contribution in [0.25, 0.3) is 11.3 Å². The maximum Gasteiger partial charge on any atom is 0.336 e. The standard InChI is InChI=1S/C22H22N2O3/c25-22(26)20-6-2-1-5-19(20)21-8-7-18(27-21)15-24-11-9-17(14-24)12-16-4-3-10-23-13-16/h1-8,10,13,17H,9,11-12,14-15H2,(H,25,26)/t17-/m1/s1. The zero-order valence-electron chi connectivity index (χ0n) is 15.0. The molecule has 1 aliphatic rings. The first-order chi connectivity index (χ1) is 13.2. The van der Waals surface area contributed by atoms with Crippen molar-refractivity contribution in [3.8, 4) is 11.3 Å². The highest BCUT2D eigenvalue weighted by Gasteiger charge is 2.24. The highest BCUT2D eigenvalue weighted by Crippen LogP contribution is 2.28. The molecule has 0 aliphatic carbocycles. The van der Waals surface area contributed by atoms with Crippen molar-refractivity contribution < 1.29 is 14.3 Å². The van der Waals surface area contributed by atoms with Crippen LogP contribution >= 0.6 is 0 Å². The van der Waals surface area contributed by atoms with Gasteiger partial charge in [-0.2, -0.15) is 0 Å². The molecule has 1 fully saturated rings. The van der Waals surface area contributed by atoms with Gasteiger partial charge in [0.1, 0.15) is 11.5 Å². The van der Waals surface area contributed by atoms with Crippen molar-refractivity contribution in [1.29, 1.82) is 0 Å². The lowest BCUT2D eigenvalue weighted by molar-refractivity contribution is 0.0697. The number of benzene rings is 1. The number of furan rings is 1. The molecule has 0 saturated carbocycles. The van der Waals surface area contributed by atoms with Gasteiger partial charge in [-0.05, 0) is 55.1 Å². The minimum atomic E-state index is -0.943. The summed E-state index contributed by atoms with van der Waals surface area (Å²) in [6.45, 7) is 2.84. The Kier molecular flexibility index (Phi) is 5.03. The maximum atomic E-state index is 11.4. The van der Waals surface area contributed by atoms with Crippen molar-refractivity contribution in [2.75, 3.05) is 13.1 Å². The molecule has 0 bridgehead atoms. The van der Waals surface area contributed by atoms with E-state index < -0.39 is 5.97 Å². The molecule has 1 aliphatic heterocycles. The van der Waals surface area contributed by atoms with Crippen LogP contribution in [0.4, 0.5) is 0 Å². The first kappa shape index (κ1) is 17.5. The van der Waals surface area contributed by atoms with Crippen molar-refractivity contribution in [3.05, 3.63) is 77.8 Å². The van der Waals surface area contributed by atoms with Crippen molar-refractivity contribution in [3.63, 3.8) is 0 Å². The Balaban J connectivity index is 1.40. The molecule has 1 N–H and O–H groups in total. The molecule has 0 radical (unpaired) electrons. The highest BCUT2D eigenvalue weighted by molar-refractivity contribution is 5.95. The van der Waals surface area contributed by atoms with Gasteiger partial charge in [0.05, 0.1) is 12.1 Å². The second-order valence-electron chi connectivity index (χ2n) is 7.07. The number of hydrogen-bond donors (Lipinski definition) is 1. The SMILES string of the molecule is O=C(O)c1ccccc1-c1ccc(CN2CC[C@H](Cc3cccnc3)C2)o1. The van der Waals surface area contributed by atoms with Crippen molar-refractivity contribution in [2.45, 2.75) is 19.4 Å². The van der Waals surface area contributed by atoms with Gasteiger partial charge in [0.15, 0.2) is 0 Å². The van der Waals surface area contributed by atoms with Crippen LogP contribution in [0.1, 0.15) is 28.1 Å². The lowest BCUT2D eigenvalue weighted by Gasteiger charge is -2.14. The van der Waals surface area contributed by atoms with Crippen molar-refractivity contribution in [1.82, 2.24) is 9.88 Å². The molecule has 0 unspecified atom stereocenters. The van der Waals surface area contributed by atoms with Crippen molar-refractivity contribution >= 4 is 5.97 Å². The summed E-state index contributed by atoms with van der Waals surface area (Å²) in [5, 5.41) is 9.36. The molecule has 4 rings (SSSR count). The van der Waals surface area contributed by atoms with E-state index in [0.717, 1.165) is 31.8 Å². The molecule has 27 heavy (non-hydrogen) atoms. The second kappa shape index (κ2) is 7.76. The third kappa shape index (κ3) is 4.09. The van der Waals surface area contributed by atoms with E-state index in [4.69, 9.17) is 4.42 Å². The fraction of sp³-hybridized carbons (Fsp3) is 0.273. The molecular weight excluding hydrogens is 340 g/mol. The quantitative estimate of drug-likeness (QED) is 0.715. The molecule has 1 aromatic carbocycles. The van der Waals surface area contributed by atoms with Gasteiger partial charge in [0, 0.05) is 24.5 Å². The summed E-state index contributed by atoms with van der Waals surface area (Å²) in [5.41, 5.74) is 2.16. The summed E-state index contributed by atoms with van der Waals surface area (Å²) in [6, 6.07) is 14.9. The summed E-state index contributed by atoms with van der Waals surface area (Å²) < 4.78 is 5.96. The molecule has 2 aromatic heterocycles. The van der Waals surface area contributed by atoms with Gasteiger partial charge in [0.25, 0.3) is 0 Å². The van der Waals surface area contributed by atoms with Gasteiger partial charge in [-0.1, -0.05) is 24.3 Å². The third-order valence-electron chi connectivity index (χ3n) is 5.08. The zero-order valence-corrected chi connectivity index (χ0v) is 15.0. The topological polar surface area (TPSA) is 66.6 Å². The Morgan fingerprint density at radius 1 is 1.19 bits per heavy atom. The van der Waals surface area contributed by atoms with E-state index in [2.05, 4.69) is 16.0 Å². The monoisotopic (exact) mass is 362 g/mol. The summed E-state index contributed by atoms with van der Waals surface area (Å²) in [4.78, 5) is 18.0. The van der Waals surface area contributed by atoms with E-state index in [1.165, 1.54) is 12.0 Å². The Morgan fingerprint density at radius 3 is 2.89 bits per heavy atom. The molecule has 1 atom stereocenters. The lowest BCUT2D eigenvalue weighted by atomic mass is 10.0. The lowest BCUT2D eigenvalue weighted by Crippen LogP contribution is -2.20.